The van der Waals surface area contributed by atoms with E-state index >= 15 is 0 Å². The number of imide groups is 1. The van der Waals surface area contributed by atoms with Gasteiger partial charge in [-0.15, -0.1) is 9.47 Å². The average Bonchev–Trinajstić information content (AvgIpc) is 2.87. The van der Waals surface area contributed by atoms with Crippen LogP contribution in [0.4, 0.5) is 14.9 Å². The van der Waals surface area contributed by atoms with Crippen LogP contribution in [0.15, 0.2) is 24.4 Å². The molecule has 0 spiro atoms. The third-order valence-corrected chi connectivity index (χ3v) is 4.54. The molecule has 0 saturated carbocycles. The minimum Gasteiger partial charge on any atom is -0.494 e. The second-order valence-electron chi connectivity index (χ2n) is 6.05. The number of rotatable bonds is 3. The highest BCUT2D eigenvalue weighted by Crippen LogP contribution is 2.28. The van der Waals surface area contributed by atoms with Gasteiger partial charge in [0.05, 0.1) is 18.5 Å². The van der Waals surface area contributed by atoms with Crippen LogP contribution < -0.4 is 14.2 Å². The van der Waals surface area contributed by atoms with Gasteiger partial charge < -0.3 is 4.74 Å². The van der Waals surface area contributed by atoms with E-state index in [0.717, 1.165) is 35.6 Å². The first kappa shape index (κ1) is 15.7. The molecule has 2 aromatic rings. The highest BCUT2D eigenvalue weighted by Gasteiger charge is 2.50. The van der Waals surface area contributed by atoms with Gasteiger partial charge in [-0.2, -0.15) is 4.79 Å². The van der Waals surface area contributed by atoms with E-state index in [4.69, 9.17) is 4.74 Å². The van der Waals surface area contributed by atoms with Crippen molar-refractivity contribution in [2.45, 2.75) is 32.6 Å². The maximum Gasteiger partial charge on any atom is 0.512 e. The monoisotopic (exact) mass is 342 g/mol. The molecule has 0 unspecified atom stereocenters. The number of ether oxygens (including phenoxy) is 1. The molecule has 1 aliphatic heterocycles. The summed E-state index contributed by atoms with van der Waals surface area (Å²) in [6, 6.07) is 3.57. The molecule has 0 fully saturated rings. The Bertz CT molecular complexity index is 897. The average molecular weight is 342 g/mol. The third kappa shape index (κ3) is 2.38. The molecule has 0 radical (unpaired) electrons. The molecule has 7 heteroatoms. The largest absolute Gasteiger partial charge is 0.512 e. The van der Waals surface area contributed by atoms with Crippen LogP contribution in [-0.2, 0) is 12.8 Å². The minimum atomic E-state index is -0.678. The lowest BCUT2D eigenvalue weighted by Gasteiger charge is -2.13. The van der Waals surface area contributed by atoms with E-state index in [9.17, 15) is 14.0 Å². The first-order valence-corrected chi connectivity index (χ1v) is 8.35. The van der Waals surface area contributed by atoms with Crippen molar-refractivity contribution in [1.29, 1.82) is 0 Å². The Kier molecular flexibility index (Phi) is 3.71. The Hall–Kier alpha value is -2.83. The number of hydrogen-bond donors (Lipinski definition) is 0. The molecule has 1 aromatic carbocycles. The van der Waals surface area contributed by atoms with Crippen LogP contribution in [0.5, 0.6) is 5.75 Å². The SMILES string of the molecule is CCOc1ccc(N2C(=O)c3cnc4c([n+]3C2=O)CCCC4)c(F)c1. The molecule has 128 valence electrons. The lowest BCUT2D eigenvalue weighted by molar-refractivity contribution is -0.576. The summed E-state index contributed by atoms with van der Waals surface area (Å²) in [5, 5.41) is 0. The highest BCUT2D eigenvalue weighted by atomic mass is 19.1. The Morgan fingerprint density at radius 3 is 2.84 bits per heavy atom. The molecule has 6 nitrogen and oxygen atoms in total. The van der Waals surface area contributed by atoms with Crippen LogP contribution in [0.3, 0.4) is 0 Å². The molecule has 2 amide bonds. The highest BCUT2D eigenvalue weighted by molar-refractivity contribution is 6.21. The van der Waals surface area contributed by atoms with E-state index in [-0.39, 0.29) is 11.4 Å². The first-order chi connectivity index (χ1) is 12.1. The molecule has 0 bridgehead atoms. The summed E-state index contributed by atoms with van der Waals surface area (Å²) in [6.07, 6.45) is 4.84. The zero-order chi connectivity index (χ0) is 17.6. The van der Waals surface area contributed by atoms with Gasteiger partial charge in [-0.1, -0.05) is 0 Å². The van der Waals surface area contributed by atoms with Crippen LogP contribution in [0.25, 0.3) is 0 Å². The molecule has 25 heavy (non-hydrogen) atoms. The molecule has 4 rings (SSSR count). The fraction of sp³-hybridized carbons (Fsp3) is 0.333. The molecule has 1 aromatic heterocycles. The summed E-state index contributed by atoms with van der Waals surface area (Å²) in [5.74, 6) is -0.885. The van der Waals surface area contributed by atoms with E-state index in [1.165, 1.54) is 22.9 Å². The van der Waals surface area contributed by atoms with Gasteiger partial charge in [-0.25, -0.2) is 9.18 Å². The number of hydrogen-bond acceptors (Lipinski definition) is 4. The molecule has 0 atom stereocenters. The van der Waals surface area contributed by atoms with E-state index in [1.807, 2.05) is 0 Å². The van der Waals surface area contributed by atoms with Gasteiger partial charge in [0.25, 0.3) is 0 Å². The fourth-order valence-electron chi connectivity index (χ4n) is 3.40. The van der Waals surface area contributed by atoms with Gasteiger partial charge in [-0.05, 0) is 38.3 Å². The Morgan fingerprint density at radius 1 is 1.28 bits per heavy atom. The van der Waals surface area contributed by atoms with E-state index in [2.05, 4.69) is 4.98 Å². The van der Waals surface area contributed by atoms with E-state index < -0.39 is 17.8 Å². The zero-order valence-electron chi connectivity index (χ0n) is 13.8. The van der Waals surface area contributed by atoms with Crippen molar-refractivity contribution in [2.75, 3.05) is 11.5 Å². The van der Waals surface area contributed by atoms with Gasteiger partial charge in [0.15, 0.2) is 11.5 Å². The predicted octanol–water partition coefficient (Wildman–Crippen LogP) is 2.41. The second kappa shape index (κ2) is 5.91. The van der Waals surface area contributed by atoms with Gasteiger partial charge in [-0.3, -0.25) is 4.98 Å². The van der Waals surface area contributed by atoms with Crippen molar-refractivity contribution >= 4 is 17.6 Å². The van der Waals surface area contributed by atoms with Crippen LogP contribution in [-0.4, -0.2) is 23.5 Å². The van der Waals surface area contributed by atoms with Gasteiger partial charge in [0, 0.05) is 12.5 Å². The summed E-state index contributed by atoms with van der Waals surface area (Å²) in [6.45, 7) is 2.20. The summed E-state index contributed by atoms with van der Waals surface area (Å²) in [4.78, 5) is 30.8. The number of anilines is 1. The van der Waals surface area contributed by atoms with Crippen LogP contribution in [0.1, 0.15) is 41.6 Å². The molecule has 0 N–H and O–H groups in total. The maximum atomic E-state index is 14.5. The van der Waals surface area contributed by atoms with E-state index in [1.54, 1.807) is 13.0 Å². The van der Waals surface area contributed by atoms with E-state index in [0.29, 0.717) is 18.8 Å². The van der Waals surface area contributed by atoms with Crippen molar-refractivity contribution in [3.05, 3.63) is 47.3 Å². The number of benzene rings is 1. The topological polar surface area (TPSA) is 63.4 Å². The molecule has 2 aliphatic rings. The number of amides is 2. The maximum absolute atomic E-state index is 14.5. The number of carbonyl (C=O) groups is 2. The Morgan fingerprint density at radius 2 is 2.08 bits per heavy atom. The molecule has 1 aliphatic carbocycles. The quantitative estimate of drug-likeness (QED) is 0.804. The van der Waals surface area contributed by atoms with Crippen molar-refractivity contribution in [1.82, 2.24) is 4.98 Å². The summed E-state index contributed by atoms with van der Waals surface area (Å²) >= 11 is 0. The zero-order valence-corrected chi connectivity index (χ0v) is 13.8. The van der Waals surface area contributed by atoms with Crippen LogP contribution in [0.2, 0.25) is 0 Å². The van der Waals surface area contributed by atoms with Crippen molar-refractivity contribution in [2.24, 2.45) is 0 Å². The summed E-state index contributed by atoms with van der Waals surface area (Å²) in [7, 11) is 0. The number of fused-ring (bicyclic) bond motifs is 3. The number of aryl methyl sites for hydroxylation is 1. The Labute approximate surface area is 143 Å². The lowest BCUT2D eigenvalue weighted by Crippen LogP contribution is -2.50. The number of halogens is 1. The molecular formula is C18H17FN3O3+. The standard InChI is InChI=1S/C18H17FN3O3/c1-2-25-11-7-8-14(12(19)9-11)22-17(23)16-10-20-13-5-3-4-6-15(13)21(16)18(22)24/h7-10H,2-6H2,1H3/q+1. The molecule has 0 saturated heterocycles. The predicted molar refractivity (Wildman–Crippen MR) is 86.2 cm³/mol. The van der Waals surface area contributed by atoms with Gasteiger partial charge in [0.1, 0.15) is 11.4 Å². The number of carbonyl (C=O) groups excluding carboxylic acids is 2. The molecular weight excluding hydrogens is 325 g/mol. The normalized spacial score (nSPS) is 16.0. The lowest BCUT2D eigenvalue weighted by atomic mass is 10.00. The van der Waals surface area contributed by atoms with Crippen molar-refractivity contribution in [3.8, 4) is 5.75 Å². The first-order valence-electron chi connectivity index (χ1n) is 8.35. The van der Waals surface area contributed by atoms with Gasteiger partial charge >= 0.3 is 11.9 Å². The smallest absolute Gasteiger partial charge is 0.494 e. The minimum absolute atomic E-state index is 0.0771. The van der Waals surface area contributed by atoms with Crippen molar-refractivity contribution in [3.63, 3.8) is 0 Å². The summed E-state index contributed by atoms with van der Waals surface area (Å²) in [5.41, 5.74) is 1.70. The van der Waals surface area contributed by atoms with Gasteiger partial charge in [0.2, 0.25) is 5.69 Å². The van der Waals surface area contributed by atoms with Crippen molar-refractivity contribution < 1.29 is 23.3 Å². The number of aromatic nitrogens is 2. The van der Waals surface area contributed by atoms with Crippen LogP contribution >= 0.6 is 0 Å². The summed E-state index contributed by atoms with van der Waals surface area (Å²) < 4.78 is 21.1. The van der Waals surface area contributed by atoms with Crippen LogP contribution in [0, 0.1) is 5.82 Å². The third-order valence-electron chi connectivity index (χ3n) is 4.54. The second-order valence-corrected chi connectivity index (χ2v) is 6.05. The Balaban J connectivity index is 1.78. The molecule has 2 heterocycles. The fourth-order valence-corrected chi connectivity index (χ4v) is 3.40. The number of nitrogens with zero attached hydrogens (tertiary/aromatic N) is 3.